The van der Waals surface area contributed by atoms with Gasteiger partial charge in [-0.15, -0.1) is 0 Å². The Bertz CT molecular complexity index is 168. The summed E-state index contributed by atoms with van der Waals surface area (Å²) in [6, 6.07) is 0.157. The fourth-order valence-electron chi connectivity index (χ4n) is 1.78. The van der Waals surface area contributed by atoms with Crippen molar-refractivity contribution in [3.05, 3.63) is 0 Å². The summed E-state index contributed by atoms with van der Waals surface area (Å²) in [4.78, 5) is 15.5. The van der Waals surface area contributed by atoms with Gasteiger partial charge in [0.15, 0.2) is 0 Å². The van der Waals surface area contributed by atoms with Gasteiger partial charge in [0.05, 0.1) is 6.04 Å². The lowest BCUT2D eigenvalue weighted by molar-refractivity contribution is -0.133. The summed E-state index contributed by atoms with van der Waals surface area (Å²) < 4.78 is 0. The van der Waals surface area contributed by atoms with Crippen LogP contribution in [0.1, 0.15) is 19.8 Å². The largest absolute Gasteiger partial charge is 0.347 e. The van der Waals surface area contributed by atoms with E-state index in [0.717, 1.165) is 25.9 Å². The molecule has 1 atom stereocenters. The van der Waals surface area contributed by atoms with E-state index in [2.05, 4.69) is 11.8 Å². The van der Waals surface area contributed by atoms with E-state index in [4.69, 9.17) is 0 Å². The van der Waals surface area contributed by atoms with Crippen molar-refractivity contribution in [2.24, 2.45) is 0 Å². The van der Waals surface area contributed by atoms with E-state index >= 15 is 0 Å². The zero-order valence-corrected chi connectivity index (χ0v) is 8.21. The smallest absolute Gasteiger partial charge is 0.239 e. The number of carbonyl (C=O) groups excluding carboxylic acids is 1. The second-order valence-electron chi connectivity index (χ2n) is 3.52. The Balaban J connectivity index is 2.55. The highest BCUT2D eigenvalue weighted by Crippen LogP contribution is 2.17. The third kappa shape index (κ3) is 1.78. The molecule has 1 amide bonds. The summed E-state index contributed by atoms with van der Waals surface area (Å²) in [5, 5.41) is 0. The maximum absolute atomic E-state index is 11.6. The standard InChI is InChI=1S/C9H18N2O/c1-4-11-7-5-6-8(11)9(12)10(2)3/h8H,4-7H2,1-3H3/t8-/m0/s1. The highest BCUT2D eigenvalue weighted by molar-refractivity contribution is 5.81. The fraction of sp³-hybridized carbons (Fsp3) is 0.889. The van der Waals surface area contributed by atoms with Crippen LogP contribution < -0.4 is 0 Å². The molecule has 3 nitrogen and oxygen atoms in total. The van der Waals surface area contributed by atoms with E-state index < -0.39 is 0 Å². The zero-order chi connectivity index (χ0) is 9.14. The summed E-state index contributed by atoms with van der Waals surface area (Å²) in [6.45, 7) is 4.19. The molecule has 1 aliphatic rings. The van der Waals surface area contributed by atoms with Gasteiger partial charge in [-0.25, -0.2) is 0 Å². The normalized spacial score (nSPS) is 24.4. The average molecular weight is 170 g/mol. The maximum Gasteiger partial charge on any atom is 0.239 e. The lowest BCUT2D eigenvalue weighted by Gasteiger charge is -2.24. The molecular formula is C9H18N2O. The Kier molecular flexibility index (Phi) is 3.09. The Morgan fingerprint density at radius 2 is 2.25 bits per heavy atom. The number of hydrogen-bond donors (Lipinski definition) is 0. The maximum atomic E-state index is 11.6. The highest BCUT2D eigenvalue weighted by atomic mass is 16.2. The van der Waals surface area contributed by atoms with E-state index in [1.165, 1.54) is 0 Å². The Labute approximate surface area is 74.3 Å². The van der Waals surface area contributed by atoms with Gasteiger partial charge in [0.25, 0.3) is 0 Å². The number of carbonyl (C=O) groups is 1. The highest BCUT2D eigenvalue weighted by Gasteiger charge is 2.30. The molecular weight excluding hydrogens is 152 g/mol. The first-order chi connectivity index (χ1) is 5.66. The second-order valence-corrected chi connectivity index (χ2v) is 3.52. The van der Waals surface area contributed by atoms with E-state index in [-0.39, 0.29) is 11.9 Å². The fourth-order valence-corrected chi connectivity index (χ4v) is 1.78. The summed E-state index contributed by atoms with van der Waals surface area (Å²) in [7, 11) is 3.66. The number of amides is 1. The number of rotatable bonds is 2. The first-order valence-corrected chi connectivity index (χ1v) is 4.62. The molecule has 3 heteroatoms. The molecule has 1 rings (SSSR count). The van der Waals surface area contributed by atoms with Gasteiger partial charge in [-0.05, 0) is 25.9 Å². The number of likely N-dealkylation sites (tertiary alicyclic amines) is 1. The van der Waals surface area contributed by atoms with Crippen LogP contribution in [0.2, 0.25) is 0 Å². The van der Waals surface area contributed by atoms with Gasteiger partial charge in [-0.1, -0.05) is 6.92 Å². The molecule has 0 aliphatic carbocycles. The molecule has 0 unspecified atom stereocenters. The van der Waals surface area contributed by atoms with E-state index in [0.29, 0.717) is 0 Å². The van der Waals surface area contributed by atoms with Crippen LogP contribution in [-0.2, 0) is 4.79 Å². The molecule has 0 N–H and O–H groups in total. The molecule has 0 aromatic carbocycles. The van der Waals surface area contributed by atoms with Crippen LogP contribution in [0.4, 0.5) is 0 Å². The lowest BCUT2D eigenvalue weighted by Crippen LogP contribution is -2.42. The van der Waals surface area contributed by atoms with Gasteiger partial charge >= 0.3 is 0 Å². The molecule has 0 aromatic rings. The van der Waals surface area contributed by atoms with Gasteiger partial charge in [0, 0.05) is 14.1 Å². The summed E-state index contributed by atoms with van der Waals surface area (Å²) in [5.41, 5.74) is 0. The van der Waals surface area contributed by atoms with Crippen LogP contribution in [0.25, 0.3) is 0 Å². The van der Waals surface area contributed by atoms with E-state index in [9.17, 15) is 4.79 Å². The zero-order valence-electron chi connectivity index (χ0n) is 8.21. The Morgan fingerprint density at radius 3 is 2.75 bits per heavy atom. The van der Waals surface area contributed by atoms with Gasteiger partial charge in [-0.2, -0.15) is 0 Å². The first-order valence-electron chi connectivity index (χ1n) is 4.62. The van der Waals surface area contributed by atoms with Crippen LogP contribution in [0.3, 0.4) is 0 Å². The Morgan fingerprint density at radius 1 is 1.58 bits per heavy atom. The molecule has 0 spiro atoms. The monoisotopic (exact) mass is 170 g/mol. The van der Waals surface area contributed by atoms with Crippen molar-refractivity contribution in [2.45, 2.75) is 25.8 Å². The van der Waals surface area contributed by atoms with Gasteiger partial charge < -0.3 is 4.90 Å². The number of nitrogens with zero attached hydrogens (tertiary/aromatic N) is 2. The van der Waals surface area contributed by atoms with Crippen LogP contribution in [0, 0.1) is 0 Å². The van der Waals surface area contributed by atoms with Crippen molar-refractivity contribution in [3.63, 3.8) is 0 Å². The molecule has 70 valence electrons. The predicted molar refractivity (Wildman–Crippen MR) is 49.0 cm³/mol. The SMILES string of the molecule is CCN1CCC[C@H]1C(=O)N(C)C. The topological polar surface area (TPSA) is 23.6 Å². The van der Waals surface area contributed by atoms with Crippen molar-refractivity contribution in [2.75, 3.05) is 27.2 Å². The summed E-state index contributed by atoms with van der Waals surface area (Å²) >= 11 is 0. The molecule has 0 aromatic heterocycles. The quantitative estimate of drug-likeness (QED) is 0.604. The van der Waals surface area contributed by atoms with Crippen LogP contribution in [0.15, 0.2) is 0 Å². The third-order valence-corrected chi connectivity index (χ3v) is 2.50. The second kappa shape index (κ2) is 3.90. The number of hydrogen-bond acceptors (Lipinski definition) is 2. The van der Waals surface area contributed by atoms with Crippen molar-refractivity contribution in [1.29, 1.82) is 0 Å². The molecule has 0 bridgehead atoms. The van der Waals surface area contributed by atoms with Crippen LogP contribution in [-0.4, -0.2) is 48.9 Å². The minimum absolute atomic E-state index is 0.157. The molecule has 1 fully saturated rings. The molecule has 1 saturated heterocycles. The van der Waals surface area contributed by atoms with Crippen molar-refractivity contribution in [1.82, 2.24) is 9.80 Å². The van der Waals surface area contributed by atoms with Crippen molar-refractivity contribution < 1.29 is 4.79 Å². The summed E-state index contributed by atoms with van der Waals surface area (Å²) in [6.07, 6.45) is 2.20. The predicted octanol–water partition coefficient (Wildman–Crippen LogP) is 0.559. The minimum atomic E-state index is 0.157. The lowest BCUT2D eigenvalue weighted by atomic mass is 10.2. The van der Waals surface area contributed by atoms with Crippen LogP contribution in [0.5, 0.6) is 0 Å². The van der Waals surface area contributed by atoms with Crippen LogP contribution >= 0.6 is 0 Å². The molecule has 12 heavy (non-hydrogen) atoms. The van der Waals surface area contributed by atoms with Gasteiger partial charge in [0.1, 0.15) is 0 Å². The molecule has 0 saturated carbocycles. The Hall–Kier alpha value is -0.570. The van der Waals surface area contributed by atoms with E-state index in [1.54, 1.807) is 4.90 Å². The first kappa shape index (κ1) is 9.52. The molecule has 0 radical (unpaired) electrons. The van der Waals surface area contributed by atoms with Crippen molar-refractivity contribution >= 4 is 5.91 Å². The van der Waals surface area contributed by atoms with E-state index in [1.807, 2.05) is 14.1 Å². The molecule has 1 aliphatic heterocycles. The third-order valence-electron chi connectivity index (χ3n) is 2.50. The number of likely N-dealkylation sites (N-methyl/N-ethyl adjacent to an activating group) is 2. The van der Waals surface area contributed by atoms with Gasteiger partial charge in [-0.3, -0.25) is 9.69 Å². The van der Waals surface area contributed by atoms with Crippen molar-refractivity contribution in [3.8, 4) is 0 Å². The molecule has 1 heterocycles. The average Bonchev–Trinajstić information content (AvgIpc) is 2.49. The van der Waals surface area contributed by atoms with Gasteiger partial charge in [0.2, 0.25) is 5.91 Å². The minimum Gasteiger partial charge on any atom is -0.347 e. The summed E-state index contributed by atoms with van der Waals surface area (Å²) in [5.74, 6) is 0.259.